The van der Waals surface area contributed by atoms with E-state index in [0.29, 0.717) is 0 Å². The van der Waals surface area contributed by atoms with Crippen LogP contribution >= 0.6 is 0 Å². The SMILES string of the molecule is CCC(C)C1CCN(C)C1. The van der Waals surface area contributed by atoms with Gasteiger partial charge in [0.2, 0.25) is 0 Å². The third-order valence-corrected chi connectivity index (χ3v) is 2.88. The topological polar surface area (TPSA) is 3.24 Å². The highest BCUT2D eigenvalue weighted by Gasteiger charge is 2.23. The zero-order chi connectivity index (χ0) is 7.56. The predicted octanol–water partition coefficient (Wildman–Crippen LogP) is 1.98. The van der Waals surface area contributed by atoms with E-state index in [0.717, 1.165) is 11.8 Å². The molecule has 0 bridgehead atoms. The molecule has 60 valence electrons. The lowest BCUT2D eigenvalue weighted by atomic mass is 9.91. The highest BCUT2D eigenvalue weighted by molar-refractivity contribution is 4.76. The first kappa shape index (κ1) is 8.06. The van der Waals surface area contributed by atoms with Gasteiger partial charge in [0.05, 0.1) is 0 Å². The van der Waals surface area contributed by atoms with Gasteiger partial charge in [-0.15, -0.1) is 0 Å². The van der Waals surface area contributed by atoms with Gasteiger partial charge in [0.25, 0.3) is 0 Å². The van der Waals surface area contributed by atoms with Crippen molar-refractivity contribution in [3.63, 3.8) is 0 Å². The van der Waals surface area contributed by atoms with Crippen molar-refractivity contribution < 1.29 is 0 Å². The molecule has 0 aromatic heterocycles. The van der Waals surface area contributed by atoms with Crippen molar-refractivity contribution >= 4 is 0 Å². The predicted molar refractivity (Wildman–Crippen MR) is 45.1 cm³/mol. The quantitative estimate of drug-likeness (QED) is 0.568. The minimum atomic E-state index is 0.935. The second-order valence-corrected chi connectivity index (χ2v) is 3.70. The highest BCUT2D eigenvalue weighted by Crippen LogP contribution is 2.24. The fourth-order valence-electron chi connectivity index (χ4n) is 1.77. The summed E-state index contributed by atoms with van der Waals surface area (Å²) in [7, 11) is 2.22. The van der Waals surface area contributed by atoms with Gasteiger partial charge in [-0.1, -0.05) is 20.3 Å². The molecule has 1 fully saturated rings. The first-order valence-corrected chi connectivity index (χ1v) is 4.42. The molecule has 1 nitrogen and oxygen atoms in total. The monoisotopic (exact) mass is 141 g/mol. The Kier molecular flexibility index (Phi) is 2.72. The lowest BCUT2D eigenvalue weighted by Crippen LogP contribution is -2.17. The highest BCUT2D eigenvalue weighted by atomic mass is 15.1. The molecule has 10 heavy (non-hydrogen) atoms. The fourth-order valence-corrected chi connectivity index (χ4v) is 1.77. The molecule has 0 radical (unpaired) electrons. The normalized spacial score (nSPS) is 30.9. The molecule has 1 heterocycles. The summed E-state index contributed by atoms with van der Waals surface area (Å²) in [6.45, 7) is 7.32. The Balaban J connectivity index is 2.29. The van der Waals surface area contributed by atoms with Crippen LogP contribution in [0.3, 0.4) is 0 Å². The molecule has 0 N–H and O–H groups in total. The van der Waals surface area contributed by atoms with E-state index in [9.17, 15) is 0 Å². The molecular formula is C9H19N. The van der Waals surface area contributed by atoms with Gasteiger partial charge in [-0.2, -0.15) is 0 Å². The molecular weight excluding hydrogens is 122 g/mol. The van der Waals surface area contributed by atoms with Gasteiger partial charge >= 0.3 is 0 Å². The van der Waals surface area contributed by atoms with E-state index in [1.54, 1.807) is 0 Å². The molecule has 0 aliphatic carbocycles. The van der Waals surface area contributed by atoms with Crippen LogP contribution in [0.25, 0.3) is 0 Å². The lowest BCUT2D eigenvalue weighted by Gasteiger charge is -2.16. The van der Waals surface area contributed by atoms with Crippen molar-refractivity contribution in [1.29, 1.82) is 0 Å². The van der Waals surface area contributed by atoms with Crippen molar-refractivity contribution in [3.05, 3.63) is 0 Å². The van der Waals surface area contributed by atoms with Crippen molar-refractivity contribution in [2.24, 2.45) is 11.8 Å². The number of likely N-dealkylation sites (tertiary alicyclic amines) is 1. The molecule has 0 amide bonds. The average Bonchev–Trinajstić information content (AvgIpc) is 2.34. The third kappa shape index (κ3) is 1.72. The zero-order valence-corrected chi connectivity index (χ0v) is 7.43. The average molecular weight is 141 g/mol. The van der Waals surface area contributed by atoms with Gasteiger partial charge in [0.1, 0.15) is 0 Å². The van der Waals surface area contributed by atoms with Gasteiger partial charge in [-0.05, 0) is 31.8 Å². The maximum Gasteiger partial charge on any atom is 0.000963 e. The first-order chi connectivity index (χ1) is 4.74. The second kappa shape index (κ2) is 3.38. The second-order valence-electron chi connectivity index (χ2n) is 3.70. The van der Waals surface area contributed by atoms with E-state index in [1.165, 1.54) is 25.9 Å². The zero-order valence-electron chi connectivity index (χ0n) is 7.43. The van der Waals surface area contributed by atoms with E-state index in [1.807, 2.05) is 0 Å². The van der Waals surface area contributed by atoms with Crippen LogP contribution in [0.5, 0.6) is 0 Å². The molecule has 1 heteroatoms. The van der Waals surface area contributed by atoms with E-state index in [4.69, 9.17) is 0 Å². The summed E-state index contributed by atoms with van der Waals surface area (Å²) in [5.41, 5.74) is 0. The largest absolute Gasteiger partial charge is 0.306 e. The van der Waals surface area contributed by atoms with Crippen LogP contribution in [0, 0.1) is 11.8 Å². The molecule has 2 unspecified atom stereocenters. The van der Waals surface area contributed by atoms with Crippen LogP contribution in [-0.4, -0.2) is 25.0 Å². The molecule has 2 atom stereocenters. The minimum Gasteiger partial charge on any atom is -0.306 e. The van der Waals surface area contributed by atoms with E-state index < -0.39 is 0 Å². The lowest BCUT2D eigenvalue weighted by molar-refractivity contribution is 0.330. The Bertz CT molecular complexity index is 101. The minimum absolute atomic E-state index is 0.935. The summed E-state index contributed by atoms with van der Waals surface area (Å²) in [6, 6.07) is 0. The standard InChI is InChI=1S/C9H19N/c1-4-8(2)9-5-6-10(3)7-9/h8-9H,4-7H2,1-3H3. The summed E-state index contributed by atoms with van der Waals surface area (Å²) in [6.07, 6.45) is 2.77. The smallest absolute Gasteiger partial charge is 0.000963 e. The fraction of sp³-hybridized carbons (Fsp3) is 1.00. The Morgan fingerprint density at radius 1 is 1.60 bits per heavy atom. The van der Waals surface area contributed by atoms with Crippen molar-refractivity contribution in [3.8, 4) is 0 Å². The molecule has 1 saturated heterocycles. The van der Waals surface area contributed by atoms with Gasteiger partial charge in [-0.3, -0.25) is 0 Å². The van der Waals surface area contributed by atoms with E-state index in [-0.39, 0.29) is 0 Å². The van der Waals surface area contributed by atoms with Gasteiger partial charge in [0, 0.05) is 6.54 Å². The van der Waals surface area contributed by atoms with Crippen LogP contribution in [0.4, 0.5) is 0 Å². The molecule has 1 aliphatic heterocycles. The summed E-state index contributed by atoms with van der Waals surface area (Å²) in [4.78, 5) is 2.44. The van der Waals surface area contributed by atoms with Crippen molar-refractivity contribution in [2.75, 3.05) is 20.1 Å². The van der Waals surface area contributed by atoms with Crippen LogP contribution in [0.15, 0.2) is 0 Å². The van der Waals surface area contributed by atoms with Gasteiger partial charge in [-0.25, -0.2) is 0 Å². The maximum absolute atomic E-state index is 2.44. The molecule has 1 rings (SSSR count). The summed E-state index contributed by atoms with van der Waals surface area (Å²) in [5, 5.41) is 0. The maximum atomic E-state index is 2.44. The molecule has 0 spiro atoms. The number of nitrogens with zero attached hydrogens (tertiary/aromatic N) is 1. The summed E-state index contributed by atoms with van der Waals surface area (Å²) < 4.78 is 0. The summed E-state index contributed by atoms with van der Waals surface area (Å²) in [5.74, 6) is 1.92. The van der Waals surface area contributed by atoms with Crippen molar-refractivity contribution in [2.45, 2.75) is 26.7 Å². The number of rotatable bonds is 2. The van der Waals surface area contributed by atoms with E-state index >= 15 is 0 Å². The Hall–Kier alpha value is -0.0400. The van der Waals surface area contributed by atoms with E-state index in [2.05, 4.69) is 25.8 Å². The van der Waals surface area contributed by atoms with Gasteiger partial charge in [0.15, 0.2) is 0 Å². The third-order valence-electron chi connectivity index (χ3n) is 2.88. The van der Waals surface area contributed by atoms with Crippen LogP contribution < -0.4 is 0 Å². The Morgan fingerprint density at radius 3 is 2.70 bits per heavy atom. The molecule has 1 aliphatic rings. The van der Waals surface area contributed by atoms with Crippen LogP contribution in [0.1, 0.15) is 26.7 Å². The summed E-state index contributed by atoms with van der Waals surface area (Å²) >= 11 is 0. The molecule has 0 aromatic rings. The van der Waals surface area contributed by atoms with Crippen molar-refractivity contribution in [1.82, 2.24) is 4.90 Å². The van der Waals surface area contributed by atoms with Crippen LogP contribution in [0.2, 0.25) is 0 Å². The Morgan fingerprint density at radius 2 is 2.30 bits per heavy atom. The number of hydrogen-bond acceptors (Lipinski definition) is 1. The van der Waals surface area contributed by atoms with Crippen LogP contribution in [-0.2, 0) is 0 Å². The van der Waals surface area contributed by atoms with Gasteiger partial charge < -0.3 is 4.90 Å². The first-order valence-electron chi connectivity index (χ1n) is 4.42. The molecule has 0 aromatic carbocycles. The Labute approximate surface area is 64.4 Å². The molecule has 0 saturated carbocycles. The number of hydrogen-bond donors (Lipinski definition) is 0.